The summed E-state index contributed by atoms with van der Waals surface area (Å²) in [5, 5.41) is 9.50. The van der Waals surface area contributed by atoms with Gasteiger partial charge in [-0.1, -0.05) is 0 Å². The van der Waals surface area contributed by atoms with E-state index in [0.717, 1.165) is 5.69 Å². The van der Waals surface area contributed by atoms with Crippen molar-refractivity contribution in [1.29, 1.82) is 5.41 Å². The predicted molar refractivity (Wildman–Crippen MR) is 54.1 cm³/mol. The first-order chi connectivity index (χ1) is 6.19. The predicted octanol–water partition coefficient (Wildman–Crippen LogP) is 2.10. The van der Waals surface area contributed by atoms with E-state index in [2.05, 4.69) is 5.32 Å². The minimum absolute atomic E-state index is 0.402. The zero-order valence-corrected chi connectivity index (χ0v) is 7.85. The Morgan fingerprint density at radius 2 is 2.31 bits per heavy atom. The van der Waals surface area contributed by atoms with Crippen molar-refractivity contribution in [3.63, 3.8) is 0 Å². The van der Waals surface area contributed by atoms with E-state index >= 15 is 0 Å². The highest BCUT2D eigenvalue weighted by molar-refractivity contribution is 6.67. The van der Waals surface area contributed by atoms with Crippen molar-refractivity contribution in [2.75, 3.05) is 12.4 Å². The van der Waals surface area contributed by atoms with Gasteiger partial charge in [0.25, 0.3) is 5.24 Å². The Bertz CT molecular complexity index is 349. The summed E-state index contributed by atoms with van der Waals surface area (Å²) in [4.78, 5) is 10.8. The van der Waals surface area contributed by atoms with Crippen molar-refractivity contribution in [3.8, 4) is 0 Å². The summed E-state index contributed by atoms with van der Waals surface area (Å²) < 4.78 is 0. The molecule has 68 valence electrons. The number of hydrogen-bond acceptors (Lipinski definition) is 3. The van der Waals surface area contributed by atoms with Crippen LogP contribution in [0.3, 0.4) is 0 Å². The molecule has 0 fully saturated rings. The molecule has 0 saturated carbocycles. The molecule has 1 rings (SSSR count). The van der Waals surface area contributed by atoms with Gasteiger partial charge in [0.2, 0.25) is 0 Å². The molecule has 13 heavy (non-hydrogen) atoms. The van der Waals surface area contributed by atoms with Crippen LogP contribution in [0.2, 0.25) is 0 Å². The van der Waals surface area contributed by atoms with Crippen molar-refractivity contribution in [2.24, 2.45) is 0 Å². The van der Waals surface area contributed by atoms with Gasteiger partial charge in [-0.15, -0.1) is 0 Å². The summed E-state index contributed by atoms with van der Waals surface area (Å²) in [6.07, 6.45) is 1.18. The number of carbonyl (C=O) groups is 1. The maximum atomic E-state index is 10.8. The monoisotopic (exact) mass is 196 g/mol. The lowest BCUT2D eigenvalue weighted by Gasteiger charge is -2.04. The second-order valence-electron chi connectivity index (χ2n) is 2.47. The topological polar surface area (TPSA) is 53.0 Å². The summed E-state index contributed by atoms with van der Waals surface area (Å²) >= 11 is 5.29. The van der Waals surface area contributed by atoms with Crippen LogP contribution in [0.5, 0.6) is 0 Å². The fourth-order valence-electron chi connectivity index (χ4n) is 1.03. The molecule has 0 atom stereocenters. The maximum absolute atomic E-state index is 10.8. The fraction of sp³-hybridized carbons (Fsp3) is 0.111. The Kier molecular flexibility index (Phi) is 3.03. The van der Waals surface area contributed by atoms with Crippen molar-refractivity contribution in [1.82, 2.24) is 0 Å². The van der Waals surface area contributed by atoms with Crippen LogP contribution in [0.25, 0.3) is 0 Å². The van der Waals surface area contributed by atoms with Crippen LogP contribution in [0.15, 0.2) is 18.2 Å². The average Bonchev–Trinajstić information content (AvgIpc) is 2.16. The Labute approximate surface area is 81.2 Å². The minimum atomic E-state index is -0.509. The van der Waals surface area contributed by atoms with Crippen LogP contribution >= 0.6 is 11.6 Å². The maximum Gasteiger partial charge on any atom is 0.252 e. The number of halogens is 1. The van der Waals surface area contributed by atoms with E-state index in [9.17, 15) is 4.79 Å². The van der Waals surface area contributed by atoms with Gasteiger partial charge in [0.15, 0.2) is 0 Å². The molecule has 1 aromatic carbocycles. The van der Waals surface area contributed by atoms with E-state index in [1.54, 1.807) is 25.2 Å². The first kappa shape index (κ1) is 9.74. The van der Waals surface area contributed by atoms with Crippen molar-refractivity contribution in [3.05, 3.63) is 29.3 Å². The van der Waals surface area contributed by atoms with E-state index in [0.29, 0.717) is 11.1 Å². The quantitative estimate of drug-likeness (QED) is 0.575. The van der Waals surface area contributed by atoms with Crippen LogP contribution in [-0.2, 0) is 0 Å². The van der Waals surface area contributed by atoms with Crippen LogP contribution in [0, 0.1) is 5.41 Å². The molecule has 4 heteroatoms. The third-order valence-corrected chi connectivity index (χ3v) is 1.92. The van der Waals surface area contributed by atoms with Gasteiger partial charge < -0.3 is 10.7 Å². The second kappa shape index (κ2) is 4.05. The second-order valence-corrected chi connectivity index (χ2v) is 2.81. The molecular formula is C9H9ClN2O. The fourth-order valence-corrected chi connectivity index (χ4v) is 1.15. The number of anilines is 1. The standard InChI is InChI=1S/C9H9ClN2O/c1-12-8-3-2-6(9(10)13)4-7(8)5-11/h2-5,11-12H,1H3. The SMILES string of the molecule is CNc1ccc(C(=O)Cl)cc1C=N. The average molecular weight is 197 g/mol. The lowest BCUT2D eigenvalue weighted by Crippen LogP contribution is -1.97. The Morgan fingerprint density at radius 1 is 1.62 bits per heavy atom. The van der Waals surface area contributed by atoms with Gasteiger partial charge in [-0.25, -0.2) is 0 Å². The summed E-state index contributed by atoms with van der Waals surface area (Å²) in [6, 6.07) is 4.92. The molecular weight excluding hydrogens is 188 g/mol. The van der Waals surface area contributed by atoms with Gasteiger partial charge in [0.1, 0.15) is 0 Å². The molecule has 0 saturated heterocycles. The third-order valence-electron chi connectivity index (χ3n) is 1.70. The highest BCUT2D eigenvalue weighted by atomic mass is 35.5. The van der Waals surface area contributed by atoms with Crippen LogP contribution < -0.4 is 5.32 Å². The molecule has 0 aliphatic heterocycles. The van der Waals surface area contributed by atoms with E-state index in [1.807, 2.05) is 0 Å². The smallest absolute Gasteiger partial charge is 0.252 e. The number of carbonyl (C=O) groups excluding carboxylic acids is 1. The molecule has 0 spiro atoms. The van der Waals surface area contributed by atoms with E-state index in [4.69, 9.17) is 17.0 Å². The zero-order chi connectivity index (χ0) is 9.84. The lowest BCUT2D eigenvalue weighted by molar-refractivity contribution is 0.108. The molecule has 0 aromatic heterocycles. The molecule has 0 aliphatic carbocycles. The van der Waals surface area contributed by atoms with E-state index < -0.39 is 5.24 Å². The number of hydrogen-bond donors (Lipinski definition) is 2. The molecule has 0 amide bonds. The molecule has 0 unspecified atom stereocenters. The number of nitrogens with one attached hydrogen (secondary N) is 2. The van der Waals surface area contributed by atoms with E-state index in [1.165, 1.54) is 6.21 Å². The first-order valence-corrected chi connectivity index (χ1v) is 4.09. The van der Waals surface area contributed by atoms with Crippen molar-refractivity contribution < 1.29 is 4.79 Å². The summed E-state index contributed by atoms with van der Waals surface area (Å²) in [7, 11) is 1.75. The van der Waals surface area contributed by atoms with Crippen molar-refractivity contribution in [2.45, 2.75) is 0 Å². The molecule has 2 N–H and O–H groups in total. The number of rotatable bonds is 3. The van der Waals surface area contributed by atoms with Gasteiger partial charge in [-0.05, 0) is 29.8 Å². The van der Waals surface area contributed by atoms with Gasteiger partial charge >= 0.3 is 0 Å². The van der Waals surface area contributed by atoms with Gasteiger partial charge in [-0.2, -0.15) is 0 Å². The van der Waals surface area contributed by atoms with E-state index in [-0.39, 0.29) is 0 Å². The molecule has 0 radical (unpaired) electrons. The van der Waals surface area contributed by atoms with Crippen molar-refractivity contribution >= 4 is 28.7 Å². The van der Waals surface area contributed by atoms with Gasteiger partial charge in [-0.3, -0.25) is 4.79 Å². The normalized spacial score (nSPS) is 9.38. The first-order valence-electron chi connectivity index (χ1n) is 3.71. The summed E-state index contributed by atoms with van der Waals surface area (Å²) in [5.41, 5.74) is 1.85. The highest BCUT2D eigenvalue weighted by Crippen LogP contribution is 2.16. The number of benzene rings is 1. The minimum Gasteiger partial charge on any atom is -0.388 e. The lowest BCUT2D eigenvalue weighted by atomic mass is 10.1. The van der Waals surface area contributed by atoms with Gasteiger partial charge in [0, 0.05) is 30.1 Å². The van der Waals surface area contributed by atoms with Gasteiger partial charge in [0.05, 0.1) is 0 Å². The van der Waals surface area contributed by atoms with Crippen LogP contribution in [0.4, 0.5) is 5.69 Å². The summed E-state index contributed by atoms with van der Waals surface area (Å²) in [6.45, 7) is 0. The Morgan fingerprint density at radius 3 is 2.77 bits per heavy atom. The molecule has 1 aromatic rings. The highest BCUT2D eigenvalue weighted by Gasteiger charge is 2.04. The summed E-state index contributed by atoms with van der Waals surface area (Å²) in [5.74, 6) is 0. The molecule has 0 aliphatic rings. The molecule has 0 bridgehead atoms. The Hall–Kier alpha value is -1.35. The van der Waals surface area contributed by atoms with Crippen LogP contribution in [0.1, 0.15) is 15.9 Å². The Balaban J connectivity index is 3.20. The third kappa shape index (κ3) is 2.06. The zero-order valence-electron chi connectivity index (χ0n) is 7.10. The largest absolute Gasteiger partial charge is 0.388 e. The van der Waals surface area contributed by atoms with Crippen LogP contribution in [-0.4, -0.2) is 18.5 Å². The molecule has 0 heterocycles. The molecule has 3 nitrogen and oxygen atoms in total.